The van der Waals surface area contributed by atoms with Crippen LogP contribution in [0.25, 0.3) is 0 Å². The fourth-order valence-electron chi connectivity index (χ4n) is 2.23. The van der Waals surface area contributed by atoms with Gasteiger partial charge in [0.15, 0.2) is 0 Å². The fourth-order valence-corrected chi connectivity index (χ4v) is 2.23. The van der Waals surface area contributed by atoms with Crippen LogP contribution in [0, 0.1) is 21.4 Å². The second-order valence-corrected chi connectivity index (χ2v) is 4.73. The van der Waals surface area contributed by atoms with Crippen molar-refractivity contribution in [3.63, 3.8) is 0 Å². The summed E-state index contributed by atoms with van der Waals surface area (Å²) < 4.78 is 5.15. The molecule has 0 bridgehead atoms. The Morgan fingerprint density at radius 1 is 1.48 bits per heavy atom. The number of nitro groups is 1. The molecule has 1 saturated heterocycles. The number of hydrogen-bond acceptors (Lipinski definition) is 6. The van der Waals surface area contributed by atoms with Crippen molar-refractivity contribution in [2.45, 2.75) is 18.4 Å². The molecule has 110 valence electrons. The van der Waals surface area contributed by atoms with E-state index in [2.05, 4.69) is 5.32 Å². The minimum absolute atomic E-state index is 0.0309. The van der Waals surface area contributed by atoms with Crippen LogP contribution in [-0.4, -0.2) is 34.8 Å². The van der Waals surface area contributed by atoms with Gasteiger partial charge in [-0.15, -0.1) is 0 Å². The monoisotopic (exact) mass is 291 g/mol. The molecule has 1 aliphatic rings. The van der Waals surface area contributed by atoms with Crippen molar-refractivity contribution in [2.75, 3.05) is 18.5 Å². The van der Waals surface area contributed by atoms with Crippen LogP contribution in [0.15, 0.2) is 18.2 Å². The molecule has 1 aromatic rings. The normalized spacial score (nSPS) is 16.7. The maximum atomic E-state index is 11.6. The zero-order valence-electron chi connectivity index (χ0n) is 11.0. The van der Waals surface area contributed by atoms with Gasteiger partial charge in [-0.1, -0.05) is 0 Å². The van der Waals surface area contributed by atoms with E-state index in [0.29, 0.717) is 0 Å². The summed E-state index contributed by atoms with van der Waals surface area (Å²) in [5.41, 5.74) is -1.34. The first-order valence-corrected chi connectivity index (χ1v) is 6.26. The zero-order chi connectivity index (χ0) is 15.5. The Bertz CT molecular complexity index is 617. The Morgan fingerprint density at radius 2 is 2.14 bits per heavy atom. The van der Waals surface area contributed by atoms with Crippen molar-refractivity contribution >= 4 is 17.3 Å². The predicted molar refractivity (Wildman–Crippen MR) is 71.9 cm³/mol. The Hall–Kier alpha value is -2.66. The maximum Gasteiger partial charge on any atom is 0.329 e. The molecule has 1 aromatic carbocycles. The predicted octanol–water partition coefficient (Wildman–Crippen LogP) is 1.51. The number of carbonyl (C=O) groups is 1. The van der Waals surface area contributed by atoms with Crippen LogP contribution in [0.1, 0.15) is 18.4 Å². The van der Waals surface area contributed by atoms with Gasteiger partial charge >= 0.3 is 5.97 Å². The van der Waals surface area contributed by atoms with E-state index in [1.54, 1.807) is 0 Å². The summed E-state index contributed by atoms with van der Waals surface area (Å²) in [6.45, 7) is 0.510. The van der Waals surface area contributed by atoms with Gasteiger partial charge in [0.25, 0.3) is 5.69 Å². The van der Waals surface area contributed by atoms with Crippen molar-refractivity contribution in [3.8, 4) is 6.07 Å². The molecular weight excluding hydrogens is 278 g/mol. The van der Waals surface area contributed by atoms with E-state index in [4.69, 9.17) is 10.00 Å². The Kier molecular flexibility index (Phi) is 4.05. The molecule has 0 aromatic heterocycles. The zero-order valence-corrected chi connectivity index (χ0v) is 11.0. The lowest BCUT2D eigenvalue weighted by Gasteiger charge is -2.34. The number of benzene rings is 1. The van der Waals surface area contributed by atoms with Gasteiger partial charge in [-0.05, 0) is 12.1 Å². The van der Waals surface area contributed by atoms with Gasteiger partial charge in [-0.25, -0.2) is 4.79 Å². The van der Waals surface area contributed by atoms with E-state index >= 15 is 0 Å². The quantitative estimate of drug-likeness (QED) is 0.636. The molecular formula is C13H13N3O5. The number of hydrogen-bond donors (Lipinski definition) is 2. The second-order valence-electron chi connectivity index (χ2n) is 4.73. The topological polar surface area (TPSA) is 125 Å². The van der Waals surface area contributed by atoms with Crippen LogP contribution >= 0.6 is 0 Å². The third kappa shape index (κ3) is 2.93. The summed E-state index contributed by atoms with van der Waals surface area (Å²) >= 11 is 0. The minimum atomic E-state index is -1.32. The second kappa shape index (κ2) is 5.76. The molecule has 2 N–H and O–H groups in total. The van der Waals surface area contributed by atoms with Crippen LogP contribution in [0.4, 0.5) is 11.4 Å². The molecule has 0 radical (unpaired) electrons. The van der Waals surface area contributed by atoms with Crippen LogP contribution in [0.5, 0.6) is 0 Å². The Labute approximate surface area is 120 Å². The number of nitrogens with zero attached hydrogens (tertiary/aromatic N) is 2. The lowest BCUT2D eigenvalue weighted by molar-refractivity contribution is -0.384. The lowest BCUT2D eigenvalue weighted by Crippen LogP contribution is -2.50. The molecule has 1 fully saturated rings. The first-order chi connectivity index (χ1) is 9.98. The van der Waals surface area contributed by atoms with Crippen LogP contribution < -0.4 is 5.32 Å². The van der Waals surface area contributed by atoms with Crippen molar-refractivity contribution in [1.29, 1.82) is 5.26 Å². The number of rotatable bonds is 4. The number of nitrogens with one attached hydrogen (secondary N) is 1. The van der Waals surface area contributed by atoms with Gasteiger partial charge in [-0.3, -0.25) is 10.1 Å². The molecule has 21 heavy (non-hydrogen) atoms. The molecule has 0 saturated carbocycles. The van der Waals surface area contributed by atoms with Crippen molar-refractivity contribution in [1.82, 2.24) is 0 Å². The molecule has 0 atom stereocenters. The Morgan fingerprint density at radius 3 is 2.67 bits per heavy atom. The highest BCUT2D eigenvalue weighted by Crippen LogP contribution is 2.32. The minimum Gasteiger partial charge on any atom is -0.480 e. The summed E-state index contributed by atoms with van der Waals surface area (Å²) in [7, 11) is 0. The Balaban J connectivity index is 2.42. The molecule has 1 aliphatic heterocycles. The summed E-state index contributed by atoms with van der Waals surface area (Å²) in [4.78, 5) is 22.0. The summed E-state index contributed by atoms with van der Waals surface area (Å²) in [6.07, 6.45) is 0.381. The van der Waals surface area contributed by atoms with Crippen LogP contribution in [0.2, 0.25) is 0 Å². The van der Waals surface area contributed by atoms with E-state index < -0.39 is 16.4 Å². The molecule has 2 rings (SSSR count). The molecule has 0 amide bonds. The molecule has 0 spiro atoms. The summed E-state index contributed by atoms with van der Waals surface area (Å²) in [6, 6.07) is 5.68. The average molecular weight is 291 g/mol. The summed E-state index contributed by atoms with van der Waals surface area (Å²) in [5.74, 6) is -1.09. The molecule has 8 nitrogen and oxygen atoms in total. The SMILES string of the molecule is N#Cc1ccc([N+](=O)[O-])c(NC2(C(=O)O)CCOCC2)c1. The number of carboxylic acid groups (broad SMARTS) is 1. The molecule has 1 heterocycles. The van der Waals surface area contributed by atoms with Gasteiger partial charge in [0.1, 0.15) is 11.2 Å². The number of nitro benzene ring substituents is 1. The highest BCUT2D eigenvalue weighted by molar-refractivity contribution is 5.84. The van der Waals surface area contributed by atoms with Crippen LogP contribution in [0.3, 0.4) is 0 Å². The largest absolute Gasteiger partial charge is 0.480 e. The maximum absolute atomic E-state index is 11.6. The standard InChI is InChI=1S/C13H13N3O5/c14-8-9-1-2-11(16(19)20)10(7-9)15-13(12(17)18)3-5-21-6-4-13/h1-2,7,15H,3-6H2,(H,17,18). The van der Waals surface area contributed by atoms with Gasteiger partial charge in [0.2, 0.25) is 0 Å². The lowest BCUT2D eigenvalue weighted by atomic mass is 9.89. The number of anilines is 1. The molecule has 0 unspecified atom stereocenters. The molecule has 8 heteroatoms. The van der Waals surface area contributed by atoms with Crippen molar-refractivity contribution in [3.05, 3.63) is 33.9 Å². The van der Waals surface area contributed by atoms with Crippen LogP contribution in [-0.2, 0) is 9.53 Å². The molecule has 0 aliphatic carbocycles. The van der Waals surface area contributed by atoms with Gasteiger partial charge in [-0.2, -0.15) is 5.26 Å². The number of ether oxygens (including phenoxy) is 1. The number of nitriles is 1. The third-order valence-electron chi connectivity index (χ3n) is 3.45. The average Bonchev–Trinajstić information content (AvgIpc) is 2.47. The first-order valence-electron chi connectivity index (χ1n) is 6.26. The fraction of sp³-hybridized carbons (Fsp3) is 0.385. The van der Waals surface area contributed by atoms with Crippen molar-refractivity contribution < 1.29 is 19.6 Å². The summed E-state index contributed by atoms with van der Waals surface area (Å²) in [5, 5.41) is 32.1. The highest BCUT2D eigenvalue weighted by Gasteiger charge is 2.41. The number of carboxylic acids is 1. The first kappa shape index (κ1) is 14.7. The highest BCUT2D eigenvalue weighted by atomic mass is 16.6. The van der Waals surface area contributed by atoms with E-state index in [1.807, 2.05) is 6.07 Å². The van der Waals surface area contributed by atoms with E-state index in [9.17, 15) is 20.0 Å². The number of aliphatic carboxylic acids is 1. The third-order valence-corrected chi connectivity index (χ3v) is 3.45. The van der Waals surface area contributed by atoms with E-state index in [1.165, 1.54) is 18.2 Å². The van der Waals surface area contributed by atoms with Gasteiger partial charge < -0.3 is 15.2 Å². The van der Waals surface area contributed by atoms with Crippen molar-refractivity contribution in [2.24, 2.45) is 0 Å². The van der Waals surface area contributed by atoms with E-state index in [0.717, 1.165) is 0 Å². The van der Waals surface area contributed by atoms with Gasteiger partial charge in [0, 0.05) is 32.1 Å². The van der Waals surface area contributed by atoms with Gasteiger partial charge in [0.05, 0.1) is 16.6 Å². The smallest absolute Gasteiger partial charge is 0.329 e. The van der Waals surface area contributed by atoms with E-state index in [-0.39, 0.29) is 43.0 Å².